The Kier molecular flexibility index (Phi) is 5.03. The van der Waals surface area contributed by atoms with Gasteiger partial charge in [-0.3, -0.25) is 24.5 Å². The lowest BCUT2D eigenvalue weighted by molar-refractivity contribution is -0.124. The first kappa shape index (κ1) is 17.0. The third kappa shape index (κ3) is 4.00. The largest absolute Gasteiger partial charge is 0.336 e. The van der Waals surface area contributed by atoms with E-state index in [1.54, 1.807) is 17.8 Å². The maximum absolute atomic E-state index is 11.9. The van der Waals surface area contributed by atoms with E-state index in [9.17, 15) is 14.4 Å². The van der Waals surface area contributed by atoms with Crippen molar-refractivity contribution in [1.82, 2.24) is 20.0 Å². The fourth-order valence-electron chi connectivity index (χ4n) is 2.45. The summed E-state index contributed by atoms with van der Waals surface area (Å²) in [5.74, 6) is 0.360. The highest BCUT2D eigenvalue weighted by Gasteiger charge is 2.29. The van der Waals surface area contributed by atoms with E-state index >= 15 is 0 Å². The second-order valence-electron chi connectivity index (χ2n) is 5.39. The van der Waals surface area contributed by atoms with E-state index in [2.05, 4.69) is 15.7 Å². The van der Waals surface area contributed by atoms with Gasteiger partial charge in [0, 0.05) is 26.2 Å². The van der Waals surface area contributed by atoms with Gasteiger partial charge in [0.2, 0.25) is 5.91 Å². The number of anilines is 1. The molecule has 8 nitrogen and oxygen atoms in total. The minimum atomic E-state index is -0.440. The topological polar surface area (TPSA) is 96.3 Å². The maximum Gasteiger partial charge on any atom is 0.320 e. The van der Waals surface area contributed by atoms with Crippen molar-refractivity contribution in [1.29, 1.82) is 0 Å². The monoisotopic (exact) mass is 359 g/mol. The van der Waals surface area contributed by atoms with Crippen molar-refractivity contribution >= 4 is 34.8 Å². The zero-order chi connectivity index (χ0) is 17.8. The Bertz CT molecular complexity index is 789. The molecule has 0 saturated carbocycles. The van der Waals surface area contributed by atoms with Gasteiger partial charge in [0.25, 0.3) is 5.24 Å². The van der Waals surface area contributed by atoms with Gasteiger partial charge in [-0.25, -0.2) is 4.79 Å². The highest BCUT2D eigenvalue weighted by atomic mass is 32.2. The summed E-state index contributed by atoms with van der Waals surface area (Å²) in [5, 5.41) is 9.24. The summed E-state index contributed by atoms with van der Waals surface area (Å²) in [6, 6.07) is 11.1. The van der Waals surface area contributed by atoms with Crippen LogP contribution in [-0.4, -0.2) is 50.7 Å². The summed E-state index contributed by atoms with van der Waals surface area (Å²) in [7, 11) is 1.80. The number of rotatable bonds is 5. The Morgan fingerprint density at radius 1 is 1.28 bits per heavy atom. The second-order valence-corrected chi connectivity index (χ2v) is 6.31. The van der Waals surface area contributed by atoms with Gasteiger partial charge in [0.1, 0.15) is 0 Å². The van der Waals surface area contributed by atoms with Gasteiger partial charge in [0.15, 0.2) is 5.82 Å². The molecule has 1 aliphatic heterocycles. The van der Waals surface area contributed by atoms with Gasteiger partial charge in [-0.05, 0) is 5.56 Å². The van der Waals surface area contributed by atoms with E-state index in [1.807, 2.05) is 30.3 Å². The minimum absolute atomic E-state index is 0.162. The van der Waals surface area contributed by atoms with E-state index in [0.29, 0.717) is 5.82 Å². The summed E-state index contributed by atoms with van der Waals surface area (Å²) < 4.78 is 1.68. The Labute approximate surface area is 148 Å². The van der Waals surface area contributed by atoms with Crippen LogP contribution >= 0.6 is 11.8 Å². The summed E-state index contributed by atoms with van der Waals surface area (Å²) in [6.07, 6.45) is 0. The van der Waals surface area contributed by atoms with Crippen molar-refractivity contribution in [3.8, 4) is 11.3 Å². The molecular formula is C16H17N5O3S. The van der Waals surface area contributed by atoms with E-state index in [1.165, 1.54) is 0 Å². The van der Waals surface area contributed by atoms with Crippen LogP contribution in [0.15, 0.2) is 36.4 Å². The van der Waals surface area contributed by atoms with Crippen LogP contribution in [0.3, 0.4) is 0 Å². The van der Waals surface area contributed by atoms with Crippen molar-refractivity contribution in [2.45, 2.75) is 0 Å². The first-order valence-electron chi connectivity index (χ1n) is 7.66. The molecule has 2 N–H and O–H groups in total. The molecule has 2 heterocycles. The molecule has 3 rings (SSSR count). The van der Waals surface area contributed by atoms with Crippen LogP contribution in [0.25, 0.3) is 11.3 Å². The Morgan fingerprint density at radius 3 is 2.72 bits per heavy atom. The van der Waals surface area contributed by atoms with E-state index in [0.717, 1.165) is 27.9 Å². The standard InChI is InChI=1S/C16H17N5O3S/c1-20-12(11-5-3-2-4-6-11)9-13(19-20)18-15(23)17-7-8-21-14(22)10-25-16(21)24/h2-6,9H,7-8,10H2,1H3,(H2,17,18,19,23). The van der Waals surface area contributed by atoms with E-state index < -0.39 is 6.03 Å². The van der Waals surface area contributed by atoms with Crippen LogP contribution in [0.2, 0.25) is 0 Å². The molecule has 0 atom stereocenters. The Balaban J connectivity index is 1.53. The zero-order valence-electron chi connectivity index (χ0n) is 13.6. The number of amides is 4. The van der Waals surface area contributed by atoms with Crippen LogP contribution < -0.4 is 10.6 Å². The van der Waals surface area contributed by atoms with Crippen molar-refractivity contribution < 1.29 is 14.4 Å². The van der Waals surface area contributed by atoms with Crippen LogP contribution in [-0.2, 0) is 11.8 Å². The van der Waals surface area contributed by atoms with Crippen molar-refractivity contribution in [2.75, 3.05) is 24.2 Å². The number of nitrogens with zero attached hydrogens (tertiary/aromatic N) is 3. The van der Waals surface area contributed by atoms with Gasteiger partial charge >= 0.3 is 6.03 Å². The molecule has 130 valence electrons. The maximum atomic E-state index is 11.9. The highest BCUT2D eigenvalue weighted by molar-refractivity contribution is 8.14. The molecule has 1 aliphatic rings. The summed E-state index contributed by atoms with van der Waals surface area (Å²) in [6.45, 7) is 0.345. The number of hydrogen-bond donors (Lipinski definition) is 2. The van der Waals surface area contributed by atoms with Gasteiger partial charge in [-0.15, -0.1) is 0 Å². The average Bonchev–Trinajstić information content (AvgIpc) is 3.12. The van der Waals surface area contributed by atoms with Crippen LogP contribution in [0.1, 0.15) is 0 Å². The lowest BCUT2D eigenvalue weighted by Gasteiger charge is -2.13. The summed E-state index contributed by atoms with van der Waals surface area (Å²) >= 11 is 0.974. The number of aryl methyl sites for hydroxylation is 1. The normalized spacial score (nSPS) is 14.0. The number of thioether (sulfide) groups is 1. The van der Waals surface area contributed by atoms with Crippen LogP contribution in [0, 0.1) is 0 Å². The van der Waals surface area contributed by atoms with Crippen molar-refractivity contribution in [3.05, 3.63) is 36.4 Å². The third-order valence-corrected chi connectivity index (χ3v) is 4.51. The van der Waals surface area contributed by atoms with E-state index in [4.69, 9.17) is 0 Å². The number of aromatic nitrogens is 2. The fourth-order valence-corrected chi connectivity index (χ4v) is 3.20. The highest BCUT2D eigenvalue weighted by Crippen LogP contribution is 2.21. The molecule has 9 heteroatoms. The predicted molar refractivity (Wildman–Crippen MR) is 95.2 cm³/mol. The first-order valence-corrected chi connectivity index (χ1v) is 8.64. The first-order chi connectivity index (χ1) is 12.0. The summed E-state index contributed by atoms with van der Waals surface area (Å²) in [4.78, 5) is 36.0. The molecule has 1 fully saturated rings. The van der Waals surface area contributed by atoms with E-state index in [-0.39, 0.29) is 30.0 Å². The van der Waals surface area contributed by atoms with Crippen molar-refractivity contribution in [3.63, 3.8) is 0 Å². The number of nitrogens with one attached hydrogen (secondary N) is 2. The molecule has 0 unspecified atom stereocenters. The third-order valence-electron chi connectivity index (χ3n) is 3.65. The molecule has 0 bridgehead atoms. The molecular weight excluding hydrogens is 342 g/mol. The lowest BCUT2D eigenvalue weighted by atomic mass is 10.1. The smallest absolute Gasteiger partial charge is 0.320 e. The van der Waals surface area contributed by atoms with Crippen molar-refractivity contribution in [2.24, 2.45) is 7.05 Å². The van der Waals surface area contributed by atoms with Gasteiger partial charge in [-0.1, -0.05) is 42.1 Å². The molecule has 1 aromatic carbocycles. The molecule has 4 amide bonds. The van der Waals surface area contributed by atoms with Crippen LogP contribution in [0.4, 0.5) is 15.4 Å². The Hall–Kier alpha value is -2.81. The second kappa shape index (κ2) is 7.39. The predicted octanol–water partition coefficient (Wildman–Crippen LogP) is 1.90. The van der Waals surface area contributed by atoms with Gasteiger partial charge in [-0.2, -0.15) is 5.10 Å². The quantitative estimate of drug-likeness (QED) is 0.850. The number of carbonyl (C=O) groups excluding carboxylic acids is 3. The Morgan fingerprint density at radius 2 is 2.04 bits per heavy atom. The van der Waals surface area contributed by atoms with Gasteiger partial charge in [0.05, 0.1) is 11.4 Å². The fraction of sp³-hybridized carbons (Fsp3) is 0.250. The van der Waals surface area contributed by atoms with Gasteiger partial charge < -0.3 is 5.32 Å². The zero-order valence-corrected chi connectivity index (χ0v) is 14.4. The SMILES string of the molecule is Cn1nc(NC(=O)NCCN2C(=O)CSC2=O)cc1-c1ccccc1. The minimum Gasteiger partial charge on any atom is -0.336 e. The number of hydrogen-bond acceptors (Lipinski definition) is 5. The lowest BCUT2D eigenvalue weighted by Crippen LogP contribution is -2.39. The number of imide groups is 1. The molecule has 0 radical (unpaired) electrons. The molecule has 0 spiro atoms. The molecule has 2 aromatic rings. The average molecular weight is 359 g/mol. The molecule has 1 aromatic heterocycles. The summed E-state index contributed by atoms with van der Waals surface area (Å²) in [5.41, 5.74) is 1.87. The molecule has 1 saturated heterocycles. The molecule has 0 aliphatic carbocycles. The molecule has 25 heavy (non-hydrogen) atoms. The van der Waals surface area contributed by atoms with Crippen LogP contribution in [0.5, 0.6) is 0 Å². The number of carbonyl (C=O) groups is 3. The number of urea groups is 1. The number of benzene rings is 1.